The van der Waals surface area contributed by atoms with Gasteiger partial charge in [-0.3, -0.25) is 4.79 Å². The largest absolute Gasteiger partial charge is 0.398 e. The Labute approximate surface area is 123 Å². The predicted octanol–water partition coefficient (Wildman–Crippen LogP) is 3.43. The van der Waals surface area contributed by atoms with Crippen LogP contribution in [0.2, 0.25) is 5.02 Å². The molecule has 1 aliphatic rings. The zero-order chi connectivity index (χ0) is 14.3. The van der Waals surface area contributed by atoms with Gasteiger partial charge in [0.2, 0.25) is 0 Å². The van der Waals surface area contributed by atoms with Crippen LogP contribution in [-0.4, -0.2) is 12.5 Å². The van der Waals surface area contributed by atoms with E-state index in [4.69, 9.17) is 17.3 Å². The number of aryl methyl sites for hydroxylation is 1. The number of carbonyl (C=O) groups is 1. The third-order valence-corrected chi connectivity index (χ3v) is 4.23. The molecular formula is C16H15ClN2O. The first-order chi connectivity index (χ1) is 9.59. The van der Waals surface area contributed by atoms with Crippen LogP contribution >= 0.6 is 11.6 Å². The number of amides is 1. The Balaban J connectivity index is 2.02. The number of nitrogens with two attached hydrogens (primary N) is 1. The van der Waals surface area contributed by atoms with Crippen molar-refractivity contribution in [1.82, 2.24) is 0 Å². The average Bonchev–Trinajstić information content (AvgIpc) is 2.86. The number of carbonyl (C=O) groups excluding carboxylic acids is 1. The minimum absolute atomic E-state index is 0.0666. The van der Waals surface area contributed by atoms with E-state index >= 15 is 0 Å². The first-order valence-electron chi connectivity index (χ1n) is 6.54. The van der Waals surface area contributed by atoms with Crippen LogP contribution in [0.15, 0.2) is 36.4 Å². The second kappa shape index (κ2) is 4.84. The fourth-order valence-electron chi connectivity index (χ4n) is 2.63. The van der Waals surface area contributed by atoms with Gasteiger partial charge in [-0.15, -0.1) is 0 Å². The highest BCUT2D eigenvalue weighted by atomic mass is 35.5. The molecule has 1 amide bonds. The molecule has 0 aromatic heterocycles. The second-order valence-electron chi connectivity index (χ2n) is 4.99. The number of nitrogens with zero attached hydrogens (tertiary/aromatic N) is 1. The van der Waals surface area contributed by atoms with Crippen LogP contribution in [0.5, 0.6) is 0 Å². The van der Waals surface area contributed by atoms with Crippen molar-refractivity contribution < 1.29 is 4.79 Å². The number of halogens is 1. The first kappa shape index (κ1) is 13.0. The average molecular weight is 287 g/mol. The molecule has 3 nitrogen and oxygen atoms in total. The highest BCUT2D eigenvalue weighted by Crippen LogP contribution is 2.34. The summed E-state index contributed by atoms with van der Waals surface area (Å²) >= 11 is 6.25. The van der Waals surface area contributed by atoms with Gasteiger partial charge >= 0.3 is 0 Å². The molecule has 0 saturated carbocycles. The van der Waals surface area contributed by atoms with Crippen LogP contribution < -0.4 is 10.6 Å². The van der Waals surface area contributed by atoms with Crippen LogP contribution in [0, 0.1) is 6.92 Å². The molecule has 2 aromatic rings. The molecule has 2 N–H and O–H groups in total. The number of benzene rings is 2. The maximum atomic E-state index is 12.7. The van der Waals surface area contributed by atoms with E-state index in [1.165, 1.54) is 0 Å². The Morgan fingerprint density at radius 3 is 2.80 bits per heavy atom. The van der Waals surface area contributed by atoms with Crippen molar-refractivity contribution in [1.29, 1.82) is 0 Å². The maximum absolute atomic E-state index is 12.7. The monoisotopic (exact) mass is 286 g/mol. The van der Waals surface area contributed by atoms with Crippen molar-refractivity contribution in [3.05, 3.63) is 58.1 Å². The predicted molar refractivity (Wildman–Crippen MR) is 82.4 cm³/mol. The standard InChI is InChI=1S/C16H15ClN2O/c1-10-4-2-5-12(15(10)17)16(20)19-9-8-11-13(18)6-3-7-14(11)19/h2-7H,8-9,18H2,1H3. The normalized spacial score (nSPS) is 13.4. The van der Waals surface area contributed by atoms with Gasteiger partial charge in [0.15, 0.2) is 0 Å². The molecular weight excluding hydrogens is 272 g/mol. The van der Waals surface area contributed by atoms with Gasteiger partial charge in [0.05, 0.1) is 10.6 Å². The van der Waals surface area contributed by atoms with Gasteiger partial charge in [-0.2, -0.15) is 0 Å². The summed E-state index contributed by atoms with van der Waals surface area (Å²) in [5.74, 6) is -0.0666. The highest BCUT2D eigenvalue weighted by Gasteiger charge is 2.27. The molecule has 1 aliphatic heterocycles. The summed E-state index contributed by atoms with van der Waals surface area (Å²) in [6.07, 6.45) is 0.789. The van der Waals surface area contributed by atoms with E-state index in [0.29, 0.717) is 17.1 Å². The Bertz CT molecular complexity index is 697. The number of hydrogen-bond acceptors (Lipinski definition) is 2. The Hall–Kier alpha value is -2.00. The van der Waals surface area contributed by atoms with Gasteiger partial charge in [0.25, 0.3) is 5.91 Å². The second-order valence-corrected chi connectivity index (χ2v) is 5.37. The minimum Gasteiger partial charge on any atom is -0.398 e. The van der Waals surface area contributed by atoms with Crippen LogP contribution in [0.4, 0.5) is 11.4 Å². The molecule has 0 saturated heterocycles. The lowest BCUT2D eigenvalue weighted by atomic mass is 10.1. The van der Waals surface area contributed by atoms with E-state index in [1.807, 2.05) is 37.3 Å². The van der Waals surface area contributed by atoms with Crippen LogP contribution in [0.25, 0.3) is 0 Å². The quantitative estimate of drug-likeness (QED) is 0.816. The van der Waals surface area contributed by atoms with Gasteiger partial charge in [0.1, 0.15) is 0 Å². The molecule has 0 bridgehead atoms. The molecule has 0 spiro atoms. The van der Waals surface area contributed by atoms with Crippen LogP contribution in [0.1, 0.15) is 21.5 Å². The Morgan fingerprint density at radius 1 is 1.25 bits per heavy atom. The van der Waals surface area contributed by atoms with Crippen molar-refractivity contribution in [2.45, 2.75) is 13.3 Å². The van der Waals surface area contributed by atoms with Crippen molar-refractivity contribution in [2.75, 3.05) is 17.2 Å². The molecule has 0 fully saturated rings. The molecule has 0 aliphatic carbocycles. The summed E-state index contributed by atoms with van der Waals surface area (Å²) in [7, 11) is 0. The van der Waals surface area contributed by atoms with E-state index in [9.17, 15) is 4.79 Å². The lowest BCUT2D eigenvalue weighted by molar-refractivity contribution is 0.0989. The molecule has 3 rings (SSSR count). The topological polar surface area (TPSA) is 46.3 Å². The molecule has 0 atom stereocenters. The fraction of sp³-hybridized carbons (Fsp3) is 0.188. The van der Waals surface area contributed by atoms with Crippen LogP contribution in [0.3, 0.4) is 0 Å². The van der Waals surface area contributed by atoms with E-state index in [2.05, 4.69) is 0 Å². The highest BCUT2D eigenvalue weighted by molar-refractivity contribution is 6.35. The molecule has 1 heterocycles. The lowest BCUT2D eigenvalue weighted by Crippen LogP contribution is -2.29. The third kappa shape index (κ3) is 1.95. The molecule has 102 valence electrons. The van der Waals surface area contributed by atoms with E-state index in [-0.39, 0.29) is 5.91 Å². The smallest absolute Gasteiger partial charge is 0.259 e. The van der Waals surface area contributed by atoms with Crippen molar-refractivity contribution >= 4 is 28.9 Å². The first-order valence-corrected chi connectivity index (χ1v) is 6.91. The number of fused-ring (bicyclic) bond motifs is 1. The number of anilines is 2. The third-order valence-electron chi connectivity index (χ3n) is 3.73. The van der Waals surface area contributed by atoms with E-state index in [0.717, 1.165) is 28.9 Å². The van der Waals surface area contributed by atoms with Crippen molar-refractivity contribution in [3.8, 4) is 0 Å². The minimum atomic E-state index is -0.0666. The van der Waals surface area contributed by atoms with Crippen LogP contribution in [-0.2, 0) is 6.42 Å². The molecule has 2 aromatic carbocycles. The van der Waals surface area contributed by atoms with Crippen molar-refractivity contribution in [2.24, 2.45) is 0 Å². The lowest BCUT2D eigenvalue weighted by Gasteiger charge is -2.18. The molecule has 20 heavy (non-hydrogen) atoms. The summed E-state index contributed by atoms with van der Waals surface area (Å²) in [6.45, 7) is 2.54. The number of hydrogen-bond donors (Lipinski definition) is 1. The summed E-state index contributed by atoms with van der Waals surface area (Å²) in [6, 6.07) is 11.2. The zero-order valence-electron chi connectivity index (χ0n) is 11.2. The molecule has 4 heteroatoms. The van der Waals surface area contributed by atoms with Crippen molar-refractivity contribution in [3.63, 3.8) is 0 Å². The molecule has 0 unspecified atom stereocenters. The summed E-state index contributed by atoms with van der Waals surface area (Å²) in [5, 5.41) is 0.523. The molecule has 0 radical (unpaired) electrons. The summed E-state index contributed by atoms with van der Waals surface area (Å²) in [4.78, 5) is 14.5. The zero-order valence-corrected chi connectivity index (χ0v) is 11.9. The van der Waals surface area contributed by atoms with E-state index in [1.54, 1.807) is 11.0 Å². The summed E-state index contributed by atoms with van der Waals surface area (Å²) in [5.41, 5.74) is 10.1. The number of rotatable bonds is 1. The Morgan fingerprint density at radius 2 is 2.00 bits per heavy atom. The maximum Gasteiger partial charge on any atom is 0.259 e. The van der Waals surface area contributed by atoms with Gasteiger partial charge in [-0.25, -0.2) is 0 Å². The summed E-state index contributed by atoms with van der Waals surface area (Å²) < 4.78 is 0. The SMILES string of the molecule is Cc1cccc(C(=O)N2CCc3c(N)cccc32)c1Cl. The fourth-order valence-corrected chi connectivity index (χ4v) is 2.84. The van der Waals surface area contributed by atoms with E-state index < -0.39 is 0 Å². The van der Waals surface area contributed by atoms with Gasteiger partial charge in [0, 0.05) is 23.5 Å². The van der Waals surface area contributed by atoms with Gasteiger partial charge in [-0.05, 0) is 37.1 Å². The Kier molecular flexibility index (Phi) is 3.14. The van der Waals surface area contributed by atoms with Gasteiger partial charge in [-0.1, -0.05) is 29.8 Å². The van der Waals surface area contributed by atoms with Gasteiger partial charge < -0.3 is 10.6 Å². The number of nitrogen functional groups attached to an aromatic ring is 1.